The van der Waals surface area contributed by atoms with Crippen molar-refractivity contribution < 1.29 is 22.3 Å². The van der Waals surface area contributed by atoms with Crippen molar-refractivity contribution in [2.24, 2.45) is 7.05 Å². The average molecular weight is 379 g/mol. The van der Waals surface area contributed by atoms with Crippen LogP contribution in [-0.2, 0) is 13.2 Å². The van der Waals surface area contributed by atoms with Crippen molar-refractivity contribution in [3.8, 4) is 11.4 Å². The summed E-state index contributed by atoms with van der Waals surface area (Å²) in [6.45, 7) is 3.42. The van der Waals surface area contributed by atoms with E-state index in [1.807, 2.05) is 0 Å². The molecule has 5 nitrogen and oxygen atoms in total. The zero-order chi connectivity index (χ0) is 18.9. The molecule has 10 heteroatoms. The van der Waals surface area contributed by atoms with Crippen LogP contribution in [0.25, 0.3) is 5.69 Å². The average Bonchev–Trinajstić information content (AvgIpc) is 2.50. The number of hydrogen-bond donors (Lipinski definition) is 0. The summed E-state index contributed by atoms with van der Waals surface area (Å²) in [5, 5.41) is -0.139. The van der Waals surface area contributed by atoms with Gasteiger partial charge in [-0.25, -0.2) is 13.8 Å². The summed E-state index contributed by atoms with van der Waals surface area (Å²) in [6, 6.07) is 1.95. The van der Waals surface area contributed by atoms with Gasteiger partial charge in [0.15, 0.2) is 0 Å². The van der Waals surface area contributed by atoms with E-state index < -0.39 is 34.6 Å². The van der Waals surface area contributed by atoms with Gasteiger partial charge in [0.1, 0.15) is 23.9 Å². The zero-order valence-corrected chi connectivity index (χ0v) is 13.5. The number of hydrogen-bond acceptors (Lipinski definition) is 3. The lowest BCUT2D eigenvalue weighted by atomic mass is 10.2. The predicted molar refractivity (Wildman–Crippen MR) is 82.9 cm³/mol. The Hall–Kier alpha value is -2.55. The molecule has 0 aliphatic heterocycles. The van der Waals surface area contributed by atoms with E-state index in [-0.39, 0.29) is 32.6 Å². The van der Waals surface area contributed by atoms with Crippen molar-refractivity contribution in [3.05, 3.63) is 68.2 Å². The summed E-state index contributed by atoms with van der Waals surface area (Å²) in [4.78, 5) is 24.2. The van der Waals surface area contributed by atoms with Crippen LogP contribution in [0.5, 0.6) is 5.75 Å². The van der Waals surface area contributed by atoms with Crippen LogP contribution in [0, 0.1) is 5.82 Å². The Morgan fingerprint density at radius 1 is 1.28 bits per heavy atom. The first-order chi connectivity index (χ1) is 11.6. The molecule has 0 aliphatic rings. The van der Waals surface area contributed by atoms with Crippen LogP contribution >= 0.6 is 11.6 Å². The maximum atomic E-state index is 14.2. The highest BCUT2D eigenvalue weighted by Crippen LogP contribution is 2.30. The molecule has 0 N–H and O–H groups in total. The highest BCUT2D eigenvalue weighted by atomic mass is 35.5. The summed E-state index contributed by atoms with van der Waals surface area (Å²) in [7, 11) is 0.823. The number of halogens is 5. The van der Waals surface area contributed by atoms with E-state index in [1.165, 1.54) is 6.08 Å². The number of alkyl halides is 3. The van der Waals surface area contributed by atoms with Gasteiger partial charge in [-0.15, -0.1) is 0 Å². The topological polar surface area (TPSA) is 53.2 Å². The van der Waals surface area contributed by atoms with Crippen LogP contribution < -0.4 is 16.0 Å². The fourth-order valence-electron chi connectivity index (χ4n) is 2.07. The largest absolute Gasteiger partial charge is 0.488 e. The Morgan fingerprint density at radius 2 is 1.92 bits per heavy atom. The van der Waals surface area contributed by atoms with Gasteiger partial charge in [0.2, 0.25) is 0 Å². The van der Waals surface area contributed by atoms with E-state index in [2.05, 4.69) is 6.58 Å². The molecule has 0 unspecified atom stereocenters. The molecule has 0 aliphatic carbocycles. The first-order valence-corrected chi connectivity index (χ1v) is 7.09. The van der Waals surface area contributed by atoms with E-state index in [4.69, 9.17) is 16.3 Å². The number of aromatic nitrogens is 2. The third-order valence-electron chi connectivity index (χ3n) is 3.21. The van der Waals surface area contributed by atoms with Crippen LogP contribution in [0.1, 0.15) is 5.69 Å². The second-order valence-electron chi connectivity index (χ2n) is 4.88. The van der Waals surface area contributed by atoms with Gasteiger partial charge in [0, 0.05) is 19.2 Å². The third-order valence-corrected chi connectivity index (χ3v) is 3.50. The van der Waals surface area contributed by atoms with Crippen molar-refractivity contribution in [3.63, 3.8) is 0 Å². The summed E-state index contributed by atoms with van der Waals surface area (Å²) in [6.07, 6.45) is -3.54. The second-order valence-corrected chi connectivity index (χ2v) is 5.28. The van der Waals surface area contributed by atoms with Gasteiger partial charge in [0.25, 0.3) is 5.56 Å². The quantitative estimate of drug-likeness (QED) is 0.607. The molecule has 1 aromatic heterocycles. The van der Waals surface area contributed by atoms with Gasteiger partial charge < -0.3 is 4.74 Å². The summed E-state index contributed by atoms with van der Waals surface area (Å²) < 4.78 is 58.4. The van der Waals surface area contributed by atoms with Gasteiger partial charge in [-0.2, -0.15) is 13.2 Å². The first-order valence-electron chi connectivity index (χ1n) is 6.71. The lowest BCUT2D eigenvalue weighted by molar-refractivity contribution is -0.144. The van der Waals surface area contributed by atoms with Crippen LogP contribution in [-0.4, -0.2) is 15.7 Å². The first kappa shape index (κ1) is 18.8. The van der Waals surface area contributed by atoms with E-state index in [9.17, 15) is 27.2 Å². The molecule has 1 aromatic carbocycles. The third kappa shape index (κ3) is 3.60. The van der Waals surface area contributed by atoms with Crippen molar-refractivity contribution in [1.82, 2.24) is 9.13 Å². The van der Waals surface area contributed by atoms with Gasteiger partial charge in [-0.1, -0.05) is 24.3 Å². The number of benzene rings is 1. The molecule has 2 rings (SSSR count). The lowest BCUT2D eigenvalue weighted by Crippen LogP contribution is -2.41. The van der Waals surface area contributed by atoms with E-state index in [1.54, 1.807) is 0 Å². The smallest absolute Gasteiger partial charge is 0.431 e. The molecular formula is C15H11ClF4N2O3. The van der Waals surface area contributed by atoms with Gasteiger partial charge in [0.05, 0.1) is 10.7 Å². The maximum Gasteiger partial charge on any atom is 0.431 e. The van der Waals surface area contributed by atoms with Crippen LogP contribution in [0.15, 0.2) is 40.4 Å². The molecule has 0 atom stereocenters. The minimum Gasteiger partial charge on any atom is -0.488 e. The maximum absolute atomic E-state index is 14.2. The standard InChI is InChI=1S/C15H11ClF4N2O3/c1-3-4-25-11-6-10(9(17)5-8(11)16)22-13(23)7-12(15(18,19)20)21(2)14(22)24/h3,5-7H,1,4H2,2H3. The molecule has 0 bridgehead atoms. The second kappa shape index (κ2) is 6.75. The van der Waals surface area contributed by atoms with Crippen molar-refractivity contribution in [2.45, 2.75) is 6.18 Å². The molecule has 0 spiro atoms. The minimum atomic E-state index is -4.91. The molecular weight excluding hydrogens is 368 g/mol. The molecule has 0 fully saturated rings. The Morgan fingerprint density at radius 3 is 2.48 bits per heavy atom. The van der Waals surface area contributed by atoms with Crippen molar-refractivity contribution in [2.75, 3.05) is 6.61 Å². The van der Waals surface area contributed by atoms with Crippen molar-refractivity contribution in [1.29, 1.82) is 0 Å². The van der Waals surface area contributed by atoms with Gasteiger partial charge in [-0.05, 0) is 6.07 Å². The van der Waals surface area contributed by atoms with Crippen LogP contribution in [0.4, 0.5) is 17.6 Å². The lowest BCUT2D eigenvalue weighted by Gasteiger charge is -2.15. The monoisotopic (exact) mass is 378 g/mol. The minimum absolute atomic E-state index is 0.00468. The van der Waals surface area contributed by atoms with Crippen molar-refractivity contribution >= 4 is 11.6 Å². The molecule has 0 saturated carbocycles. The Kier molecular flexibility index (Phi) is 5.07. The molecule has 2 aromatic rings. The fraction of sp³-hybridized carbons (Fsp3) is 0.200. The normalized spacial score (nSPS) is 11.4. The molecule has 1 heterocycles. The Labute approximate surface area is 143 Å². The van der Waals surface area contributed by atoms with Crippen LogP contribution in [0.3, 0.4) is 0 Å². The molecule has 0 radical (unpaired) electrons. The Balaban J connectivity index is 2.75. The predicted octanol–water partition coefficient (Wildman–Crippen LogP) is 2.91. The highest BCUT2D eigenvalue weighted by Gasteiger charge is 2.35. The van der Waals surface area contributed by atoms with Gasteiger partial charge >= 0.3 is 11.9 Å². The molecule has 25 heavy (non-hydrogen) atoms. The summed E-state index contributed by atoms with van der Waals surface area (Å²) >= 11 is 5.80. The van der Waals surface area contributed by atoms with E-state index in [0.717, 1.165) is 19.2 Å². The van der Waals surface area contributed by atoms with Crippen LogP contribution in [0.2, 0.25) is 5.02 Å². The number of ether oxygens (including phenoxy) is 1. The number of rotatable bonds is 4. The fourth-order valence-corrected chi connectivity index (χ4v) is 2.27. The van der Waals surface area contributed by atoms with Gasteiger partial charge in [-0.3, -0.25) is 9.36 Å². The SMILES string of the molecule is C=CCOc1cc(-n2c(=O)cc(C(F)(F)F)n(C)c2=O)c(F)cc1Cl. The summed E-state index contributed by atoms with van der Waals surface area (Å²) in [5.41, 5.74) is -4.74. The Bertz CT molecular complexity index is 948. The zero-order valence-electron chi connectivity index (χ0n) is 12.7. The molecule has 0 saturated heterocycles. The molecule has 134 valence electrons. The van der Waals surface area contributed by atoms with E-state index in [0.29, 0.717) is 0 Å². The highest BCUT2D eigenvalue weighted by molar-refractivity contribution is 6.32. The van der Waals surface area contributed by atoms with E-state index >= 15 is 0 Å². The summed E-state index contributed by atoms with van der Waals surface area (Å²) in [5.74, 6) is -1.14. The molecule has 0 amide bonds. The number of nitrogens with zero attached hydrogens (tertiary/aromatic N) is 2.